The van der Waals surface area contributed by atoms with Crippen molar-refractivity contribution in [3.63, 3.8) is 0 Å². The van der Waals surface area contributed by atoms with Crippen LogP contribution in [0.1, 0.15) is 35.6 Å². The molecule has 2 aliphatic rings. The Hall–Kier alpha value is -2.47. The largest absolute Gasteiger partial charge is 0.449 e. The Balaban J connectivity index is 1.58. The van der Waals surface area contributed by atoms with Gasteiger partial charge in [-0.25, -0.2) is 13.6 Å². The van der Waals surface area contributed by atoms with Gasteiger partial charge in [-0.2, -0.15) is 0 Å². The third kappa shape index (κ3) is 4.13. The number of fused-ring (bicyclic) bond motifs is 1. The smallest absolute Gasteiger partial charge is 0.410 e. The summed E-state index contributed by atoms with van der Waals surface area (Å²) in [6.45, 7) is 2.76. The summed E-state index contributed by atoms with van der Waals surface area (Å²) in [5.41, 5.74) is 2.02. The number of amides is 1. The number of rotatable bonds is 3. The first-order chi connectivity index (χ1) is 14.0. The van der Waals surface area contributed by atoms with E-state index in [1.807, 2.05) is 24.3 Å². The van der Waals surface area contributed by atoms with Crippen LogP contribution in [0.5, 0.6) is 0 Å². The quantitative estimate of drug-likeness (QED) is 0.766. The van der Waals surface area contributed by atoms with Gasteiger partial charge in [0, 0.05) is 12.1 Å². The second-order valence-corrected chi connectivity index (χ2v) is 8.01. The second-order valence-electron chi connectivity index (χ2n) is 8.01. The SMILES string of the molecule is CN1CCC(COC(=O)N2CCc3ccccc3C2c2cccc(F)c2F)CC1. The molecule has 0 aliphatic carbocycles. The number of hydrogen-bond donors (Lipinski definition) is 0. The molecule has 1 fully saturated rings. The Labute approximate surface area is 170 Å². The fraction of sp³-hybridized carbons (Fsp3) is 0.435. The van der Waals surface area contributed by atoms with E-state index in [4.69, 9.17) is 4.74 Å². The van der Waals surface area contributed by atoms with Gasteiger partial charge in [-0.15, -0.1) is 0 Å². The summed E-state index contributed by atoms with van der Waals surface area (Å²) < 4.78 is 34.3. The van der Waals surface area contributed by atoms with Crippen molar-refractivity contribution >= 4 is 6.09 Å². The molecule has 1 saturated heterocycles. The van der Waals surface area contributed by atoms with Crippen molar-refractivity contribution in [1.29, 1.82) is 0 Å². The lowest BCUT2D eigenvalue weighted by Crippen LogP contribution is -2.42. The van der Waals surface area contributed by atoms with Crippen LogP contribution >= 0.6 is 0 Å². The maximum atomic E-state index is 14.7. The molecule has 154 valence electrons. The van der Waals surface area contributed by atoms with Crippen LogP contribution in [0.2, 0.25) is 0 Å². The number of benzene rings is 2. The Morgan fingerprint density at radius 1 is 1.03 bits per heavy atom. The minimum absolute atomic E-state index is 0.161. The topological polar surface area (TPSA) is 32.8 Å². The highest BCUT2D eigenvalue weighted by Gasteiger charge is 2.35. The van der Waals surface area contributed by atoms with E-state index in [1.54, 1.807) is 6.07 Å². The molecule has 2 heterocycles. The fourth-order valence-electron chi connectivity index (χ4n) is 4.33. The predicted molar refractivity (Wildman–Crippen MR) is 107 cm³/mol. The van der Waals surface area contributed by atoms with Gasteiger partial charge in [0.1, 0.15) is 0 Å². The standard InChI is InChI=1S/C23H26F2N2O2/c1-26-12-9-16(10-13-26)15-29-23(28)27-14-11-17-5-2-3-6-18(17)22(27)19-7-4-8-20(24)21(19)25/h2-8,16,22H,9-15H2,1H3. The highest BCUT2D eigenvalue weighted by atomic mass is 19.2. The zero-order valence-electron chi connectivity index (χ0n) is 16.6. The summed E-state index contributed by atoms with van der Waals surface area (Å²) in [4.78, 5) is 16.8. The first-order valence-corrected chi connectivity index (χ1v) is 10.2. The molecule has 1 unspecified atom stereocenters. The summed E-state index contributed by atoms with van der Waals surface area (Å²) in [6.07, 6.45) is 2.18. The highest BCUT2D eigenvalue weighted by molar-refractivity contribution is 5.70. The van der Waals surface area contributed by atoms with E-state index in [1.165, 1.54) is 11.0 Å². The number of carbonyl (C=O) groups excluding carboxylic acids is 1. The maximum Gasteiger partial charge on any atom is 0.410 e. The molecule has 0 bridgehead atoms. The second kappa shape index (κ2) is 8.49. The lowest BCUT2D eigenvalue weighted by Gasteiger charge is -2.37. The van der Waals surface area contributed by atoms with Crippen LogP contribution in [-0.4, -0.2) is 49.2 Å². The minimum Gasteiger partial charge on any atom is -0.449 e. The molecule has 2 aliphatic heterocycles. The molecule has 0 aromatic heterocycles. The van der Waals surface area contributed by atoms with E-state index in [0.29, 0.717) is 25.5 Å². The zero-order chi connectivity index (χ0) is 20.4. The monoisotopic (exact) mass is 400 g/mol. The van der Waals surface area contributed by atoms with Crippen molar-refractivity contribution in [2.75, 3.05) is 33.3 Å². The molecule has 1 amide bonds. The van der Waals surface area contributed by atoms with E-state index >= 15 is 0 Å². The highest BCUT2D eigenvalue weighted by Crippen LogP contribution is 2.37. The molecule has 4 rings (SSSR count). The number of likely N-dealkylation sites (tertiary alicyclic amines) is 1. The van der Waals surface area contributed by atoms with Gasteiger partial charge in [-0.05, 0) is 62.5 Å². The van der Waals surface area contributed by atoms with Crippen molar-refractivity contribution in [1.82, 2.24) is 9.80 Å². The molecule has 2 aromatic rings. The van der Waals surface area contributed by atoms with Gasteiger partial charge in [0.25, 0.3) is 0 Å². The van der Waals surface area contributed by atoms with Gasteiger partial charge in [0.05, 0.1) is 12.6 Å². The van der Waals surface area contributed by atoms with Crippen LogP contribution in [0.4, 0.5) is 13.6 Å². The summed E-state index contributed by atoms with van der Waals surface area (Å²) in [5.74, 6) is -1.48. The van der Waals surface area contributed by atoms with Crippen LogP contribution in [0, 0.1) is 17.6 Å². The fourth-order valence-corrected chi connectivity index (χ4v) is 4.33. The maximum absolute atomic E-state index is 14.7. The van der Waals surface area contributed by atoms with Crippen LogP contribution in [0.25, 0.3) is 0 Å². The Bertz CT molecular complexity index is 881. The summed E-state index contributed by atoms with van der Waals surface area (Å²) in [6, 6.07) is 11.1. The molecule has 0 N–H and O–H groups in total. The molecular weight excluding hydrogens is 374 g/mol. The van der Waals surface area contributed by atoms with Gasteiger partial charge >= 0.3 is 6.09 Å². The summed E-state index contributed by atoms with van der Waals surface area (Å²) in [5, 5.41) is 0. The molecule has 1 atom stereocenters. The van der Waals surface area contributed by atoms with Crippen LogP contribution in [-0.2, 0) is 11.2 Å². The van der Waals surface area contributed by atoms with Gasteiger partial charge < -0.3 is 9.64 Å². The molecule has 0 saturated carbocycles. The number of nitrogens with zero attached hydrogens (tertiary/aromatic N) is 2. The molecule has 0 spiro atoms. The van der Waals surface area contributed by atoms with Crippen molar-refractivity contribution in [3.8, 4) is 0 Å². The lowest BCUT2D eigenvalue weighted by molar-refractivity contribution is 0.0634. The number of ether oxygens (including phenoxy) is 1. The summed E-state index contributed by atoms with van der Waals surface area (Å²) >= 11 is 0. The predicted octanol–water partition coefficient (Wildman–Crippen LogP) is 4.39. The zero-order valence-corrected chi connectivity index (χ0v) is 16.6. The average Bonchev–Trinajstić information content (AvgIpc) is 2.74. The Kier molecular flexibility index (Phi) is 5.81. The number of hydrogen-bond acceptors (Lipinski definition) is 3. The van der Waals surface area contributed by atoms with Gasteiger partial charge in [0.2, 0.25) is 0 Å². The van der Waals surface area contributed by atoms with Crippen molar-refractivity contribution in [2.45, 2.75) is 25.3 Å². The number of carbonyl (C=O) groups is 1. The lowest BCUT2D eigenvalue weighted by atomic mass is 9.88. The van der Waals surface area contributed by atoms with E-state index < -0.39 is 23.8 Å². The molecule has 0 radical (unpaired) electrons. The van der Waals surface area contributed by atoms with E-state index in [2.05, 4.69) is 11.9 Å². The first-order valence-electron chi connectivity index (χ1n) is 10.2. The van der Waals surface area contributed by atoms with E-state index in [9.17, 15) is 13.6 Å². The Morgan fingerprint density at radius 2 is 1.76 bits per heavy atom. The van der Waals surface area contributed by atoms with Gasteiger partial charge in [-0.1, -0.05) is 36.4 Å². The van der Waals surface area contributed by atoms with Gasteiger partial charge in [0.15, 0.2) is 11.6 Å². The van der Waals surface area contributed by atoms with E-state index in [-0.39, 0.29) is 5.56 Å². The molecule has 29 heavy (non-hydrogen) atoms. The van der Waals surface area contributed by atoms with Crippen molar-refractivity contribution < 1.29 is 18.3 Å². The average molecular weight is 400 g/mol. The summed E-state index contributed by atoms with van der Waals surface area (Å²) in [7, 11) is 2.09. The van der Waals surface area contributed by atoms with Crippen molar-refractivity contribution in [2.24, 2.45) is 5.92 Å². The van der Waals surface area contributed by atoms with Crippen LogP contribution < -0.4 is 0 Å². The third-order valence-corrected chi connectivity index (χ3v) is 6.07. The van der Waals surface area contributed by atoms with Crippen LogP contribution in [0.3, 0.4) is 0 Å². The van der Waals surface area contributed by atoms with Gasteiger partial charge in [-0.3, -0.25) is 4.90 Å². The first kappa shape index (κ1) is 19.8. The molecule has 2 aromatic carbocycles. The van der Waals surface area contributed by atoms with E-state index in [0.717, 1.165) is 43.1 Å². The molecule has 6 heteroatoms. The minimum atomic E-state index is -0.915. The molecule has 4 nitrogen and oxygen atoms in total. The Morgan fingerprint density at radius 3 is 2.55 bits per heavy atom. The van der Waals surface area contributed by atoms with Crippen molar-refractivity contribution in [3.05, 3.63) is 70.8 Å². The number of halogens is 2. The normalized spacial score (nSPS) is 20.4. The molecular formula is C23H26F2N2O2. The van der Waals surface area contributed by atoms with Crippen LogP contribution in [0.15, 0.2) is 42.5 Å². The third-order valence-electron chi connectivity index (χ3n) is 6.07. The number of piperidine rings is 1.